The van der Waals surface area contributed by atoms with Gasteiger partial charge < -0.3 is 14.2 Å². The van der Waals surface area contributed by atoms with Crippen LogP contribution in [0.3, 0.4) is 0 Å². The van der Waals surface area contributed by atoms with Crippen LogP contribution in [0.25, 0.3) is 6.08 Å². The highest BCUT2D eigenvalue weighted by molar-refractivity contribution is 7.87. The third-order valence-corrected chi connectivity index (χ3v) is 5.88. The largest absolute Gasteiger partial charge is 0.465 e. The molecule has 0 aliphatic carbocycles. The molecule has 0 bridgehead atoms. The summed E-state index contributed by atoms with van der Waals surface area (Å²) in [5, 5.41) is 12.0. The molecule has 0 aromatic heterocycles. The van der Waals surface area contributed by atoms with Crippen LogP contribution in [-0.4, -0.2) is 27.4 Å². The minimum atomic E-state index is -4.05. The molecule has 0 unspecified atom stereocenters. The summed E-state index contributed by atoms with van der Waals surface area (Å²) in [5.74, 6) is -1.15. The fourth-order valence-corrected chi connectivity index (χ4v) is 3.78. The number of methoxy groups -OCH3 is 1. The average Bonchev–Trinajstić information content (AvgIpc) is 2.82. The first-order valence-corrected chi connectivity index (χ1v) is 11.4. The number of esters is 1. The Labute approximate surface area is 197 Å². The molecule has 1 amide bonds. The van der Waals surface area contributed by atoms with Crippen LogP contribution in [-0.2, 0) is 19.6 Å². The number of anilines is 1. The normalized spacial score (nSPS) is 11.3. The van der Waals surface area contributed by atoms with E-state index in [9.17, 15) is 23.3 Å². The van der Waals surface area contributed by atoms with Gasteiger partial charge in [-0.2, -0.15) is 13.7 Å². The van der Waals surface area contributed by atoms with Gasteiger partial charge in [0.05, 0.1) is 12.7 Å². The van der Waals surface area contributed by atoms with Gasteiger partial charge in [0.2, 0.25) is 0 Å². The standard InChI is InChI=1S/C25H20N2O6S/c1-17-6-12-23(13-7-17)34(30,31)33-22-5-3-4-18(15-22)14-20(16-26)24(28)27-21-10-8-19(9-11-21)25(29)32-2/h3-15H,1-2H3,(H,27,28)/b20-14-. The predicted molar refractivity (Wildman–Crippen MR) is 125 cm³/mol. The Bertz CT molecular complexity index is 1390. The molecule has 34 heavy (non-hydrogen) atoms. The van der Waals surface area contributed by atoms with Gasteiger partial charge in [-0.05, 0) is 67.1 Å². The molecule has 0 aliphatic rings. The Hall–Kier alpha value is -4.42. The molecule has 0 heterocycles. The number of nitrogens with zero attached hydrogens (tertiary/aromatic N) is 1. The maximum atomic E-state index is 12.5. The summed E-state index contributed by atoms with van der Waals surface area (Å²) in [4.78, 5) is 24.0. The van der Waals surface area contributed by atoms with Crippen LogP contribution >= 0.6 is 0 Å². The van der Waals surface area contributed by atoms with E-state index in [1.54, 1.807) is 24.3 Å². The zero-order valence-electron chi connectivity index (χ0n) is 18.3. The topological polar surface area (TPSA) is 123 Å². The summed E-state index contributed by atoms with van der Waals surface area (Å²) in [6, 6.07) is 20.0. The Kier molecular flexibility index (Phi) is 7.46. The first-order chi connectivity index (χ1) is 16.2. The summed E-state index contributed by atoms with van der Waals surface area (Å²) in [5.41, 5.74) is 1.78. The molecule has 0 fully saturated rings. The van der Waals surface area contributed by atoms with Gasteiger partial charge in [0.1, 0.15) is 22.3 Å². The second-order valence-electron chi connectivity index (χ2n) is 7.12. The number of ether oxygens (including phenoxy) is 1. The third-order valence-electron chi connectivity index (χ3n) is 4.61. The lowest BCUT2D eigenvalue weighted by molar-refractivity contribution is -0.112. The van der Waals surface area contributed by atoms with Crippen molar-refractivity contribution in [3.05, 3.63) is 95.1 Å². The smallest absolute Gasteiger partial charge is 0.339 e. The molecule has 3 rings (SSSR count). The average molecular weight is 477 g/mol. The van der Waals surface area contributed by atoms with E-state index in [0.29, 0.717) is 16.8 Å². The Morgan fingerprint density at radius 3 is 2.29 bits per heavy atom. The van der Waals surface area contributed by atoms with Crippen LogP contribution in [0, 0.1) is 18.3 Å². The Morgan fingerprint density at radius 1 is 1.00 bits per heavy atom. The Balaban J connectivity index is 1.76. The maximum absolute atomic E-state index is 12.5. The molecule has 3 aromatic rings. The van der Waals surface area contributed by atoms with Crippen molar-refractivity contribution in [1.29, 1.82) is 5.26 Å². The maximum Gasteiger partial charge on any atom is 0.339 e. The second kappa shape index (κ2) is 10.5. The fraction of sp³-hybridized carbons (Fsp3) is 0.0800. The Morgan fingerprint density at radius 2 is 1.68 bits per heavy atom. The number of hydrogen-bond acceptors (Lipinski definition) is 7. The predicted octanol–water partition coefficient (Wildman–Crippen LogP) is 4.10. The van der Waals surface area contributed by atoms with Crippen molar-refractivity contribution < 1.29 is 26.9 Å². The molecule has 0 saturated heterocycles. The molecule has 0 radical (unpaired) electrons. The van der Waals surface area contributed by atoms with E-state index >= 15 is 0 Å². The molecule has 0 aliphatic heterocycles. The van der Waals surface area contributed by atoms with E-state index in [1.807, 2.05) is 13.0 Å². The number of carbonyl (C=O) groups excluding carboxylic acids is 2. The highest BCUT2D eigenvalue weighted by atomic mass is 32.2. The minimum Gasteiger partial charge on any atom is -0.465 e. The van der Waals surface area contributed by atoms with Gasteiger partial charge in [-0.25, -0.2) is 4.79 Å². The number of nitrogens with one attached hydrogen (secondary N) is 1. The molecule has 9 heteroatoms. The van der Waals surface area contributed by atoms with Gasteiger partial charge in [0.15, 0.2) is 0 Å². The van der Waals surface area contributed by atoms with E-state index in [4.69, 9.17) is 4.18 Å². The van der Waals surface area contributed by atoms with Gasteiger partial charge in [-0.1, -0.05) is 29.8 Å². The molecule has 172 valence electrons. The number of rotatable bonds is 7. The second-order valence-corrected chi connectivity index (χ2v) is 8.66. The SMILES string of the molecule is COC(=O)c1ccc(NC(=O)/C(C#N)=C\c2cccc(OS(=O)(=O)c3ccc(C)cc3)c2)cc1. The molecule has 8 nitrogen and oxygen atoms in total. The van der Waals surface area contributed by atoms with Crippen LogP contribution in [0.1, 0.15) is 21.5 Å². The van der Waals surface area contributed by atoms with Crippen molar-refractivity contribution in [2.45, 2.75) is 11.8 Å². The van der Waals surface area contributed by atoms with Gasteiger partial charge in [0, 0.05) is 5.69 Å². The number of benzene rings is 3. The van der Waals surface area contributed by atoms with E-state index in [1.165, 1.54) is 61.7 Å². The number of hydrogen-bond donors (Lipinski definition) is 1. The zero-order valence-corrected chi connectivity index (χ0v) is 19.1. The summed E-state index contributed by atoms with van der Waals surface area (Å²) in [6.45, 7) is 1.84. The van der Waals surface area contributed by atoms with E-state index in [0.717, 1.165) is 5.56 Å². The summed E-state index contributed by atoms with van der Waals surface area (Å²) >= 11 is 0. The molecule has 0 spiro atoms. The molecule has 0 saturated carbocycles. The van der Waals surface area contributed by atoms with Gasteiger partial charge >= 0.3 is 16.1 Å². The van der Waals surface area contributed by atoms with Crippen molar-refractivity contribution in [3.8, 4) is 11.8 Å². The van der Waals surface area contributed by atoms with Gasteiger partial charge in [-0.3, -0.25) is 4.79 Å². The van der Waals surface area contributed by atoms with Gasteiger partial charge in [-0.15, -0.1) is 0 Å². The highest BCUT2D eigenvalue weighted by Gasteiger charge is 2.17. The molecule has 1 N–H and O–H groups in total. The molecular formula is C25H20N2O6S. The lowest BCUT2D eigenvalue weighted by atomic mass is 10.1. The number of amides is 1. The molecule has 0 atom stereocenters. The van der Waals surface area contributed by atoms with Crippen LogP contribution in [0.15, 0.2) is 83.3 Å². The van der Waals surface area contributed by atoms with E-state index in [-0.39, 0.29) is 16.2 Å². The van der Waals surface area contributed by atoms with Crippen molar-refractivity contribution in [3.63, 3.8) is 0 Å². The lowest BCUT2D eigenvalue weighted by Gasteiger charge is -2.08. The van der Waals surface area contributed by atoms with Crippen LogP contribution in [0.2, 0.25) is 0 Å². The van der Waals surface area contributed by atoms with Crippen molar-refractivity contribution in [1.82, 2.24) is 0 Å². The van der Waals surface area contributed by atoms with Crippen molar-refractivity contribution >= 4 is 33.8 Å². The minimum absolute atomic E-state index is 0.00866. The first-order valence-electron chi connectivity index (χ1n) is 9.94. The summed E-state index contributed by atoms with van der Waals surface area (Å²) in [7, 11) is -2.78. The third kappa shape index (κ3) is 6.09. The fourth-order valence-electron chi connectivity index (χ4n) is 2.86. The number of nitriles is 1. The summed E-state index contributed by atoms with van der Waals surface area (Å²) < 4.78 is 34.9. The van der Waals surface area contributed by atoms with E-state index in [2.05, 4.69) is 10.1 Å². The first kappa shape index (κ1) is 24.2. The van der Waals surface area contributed by atoms with E-state index < -0.39 is 22.0 Å². The van der Waals surface area contributed by atoms with Crippen LogP contribution in [0.4, 0.5) is 5.69 Å². The van der Waals surface area contributed by atoms with Gasteiger partial charge in [0.25, 0.3) is 5.91 Å². The van der Waals surface area contributed by atoms with Crippen LogP contribution < -0.4 is 9.50 Å². The number of aryl methyl sites for hydroxylation is 1. The highest BCUT2D eigenvalue weighted by Crippen LogP contribution is 2.22. The quantitative estimate of drug-likeness (QED) is 0.236. The lowest BCUT2D eigenvalue weighted by Crippen LogP contribution is -2.13. The zero-order chi connectivity index (χ0) is 24.7. The van der Waals surface area contributed by atoms with Crippen molar-refractivity contribution in [2.24, 2.45) is 0 Å². The molecular weight excluding hydrogens is 456 g/mol. The number of carbonyl (C=O) groups is 2. The van der Waals surface area contributed by atoms with Crippen molar-refractivity contribution in [2.75, 3.05) is 12.4 Å². The molecule has 3 aromatic carbocycles. The summed E-state index contributed by atoms with van der Waals surface area (Å²) in [6.07, 6.45) is 1.31. The van der Waals surface area contributed by atoms with Crippen LogP contribution in [0.5, 0.6) is 5.75 Å². The monoisotopic (exact) mass is 476 g/mol.